The number of pyridine rings is 1. The fourth-order valence-electron chi connectivity index (χ4n) is 4.63. The van der Waals surface area contributed by atoms with Gasteiger partial charge in [0.1, 0.15) is 5.82 Å². The summed E-state index contributed by atoms with van der Waals surface area (Å²) < 4.78 is 0. The topological polar surface area (TPSA) is 79.5 Å². The Morgan fingerprint density at radius 1 is 0.812 bits per heavy atom. The third kappa shape index (κ3) is 3.73. The van der Waals surface area contributed by atoms with Gasteiger partial charge >= 0.3 is 0 Å². The van der Waals surface area contributed by atoms with E-state index in [-0.39, 0.29) is 17.6 Å². The molecule has 162 valence electrons. The number of amides is 2. The van der Waals surface area contributed by atoms with Crippen LogP contribution in [0, 0.1) is 0 Å². The Morgan fingerprint density at radius 3 is 2.28 bits per heavy atom. The summed E-state index contributed by atoms with van der Waals surface area (Å²) in [5, 5.41) is 0. The Hall–Kier alpha value is -3.67. The van der Waals surface area contributed by atoms with Crippen LogP contribution in [0.5, 0.6) is 0 Å². The summed E-state index contributed by atoms with van der Waals surface area (Å²) in [6, 6.07) is 19.5. The van der Waals surface area contributed by atoms with Crippen LogP contribution in [0.4, 0.5) is 5.82 Å². The van der Waals surface area contributed by atoms with Gasteiger partial charge in [-0.3, -0.25) is 9.59 Å². The van der Waals surface area contributed by atoms with Crippen molar-refractivity contribution in [2.24, 2.45) is 0 Å². The molecular weight excluding hydrogens is 400 g/mol. The summed E-state index contributed by atoms with van der Waals surface area (Å²) >= 11 is 0. The SMILES string of the molecule is Nc1nc2c(cc1C(=O)N1CCCC1)CN(C(=O)c1ccccc1-c1ccccc1)CC2. The van der Waals surface area contributed by atoms with Crippen molar-refractivity contribution in [2.45, 2.75) is 25.8 Å². The molecule has 1 fully saturated rings. The number of benzene rings is 2. The van der Waals surface area contributed by atoms with Gasteiger partial charge in [-0.15, -0.1) is 0 Å². The second kappa shape index (κ2) is 8.46. The van der Waals surface area contributed by atoms with Crippen LogP contribution in [-0.2, 0) is 13.0 Å². The van der Waals surface area contributed by atoms with E-state index in [1.807, 2.05) is 70.5 Å². The zero-order valence-corrected chi connectivity index (χ0v) is 18.0. The Morgan fingerprint density at radius 2 is 1.50 bits per heavy atom. The van der Waals surface area contributed by atoms with Crippen LogP contribution in [0.3, 0.4) is 0 Å². The van der Waals surface area contributed by atoms with Gasteiger partial charge in [0.2, 0.25) is 0 Å². The van der Waals surface area contributed by atoms with Gasteiger partial charge in [0, 0.05) is 43.9 Å². The van der Waals surface area contributed by atoms with Crippen LogP contribution in [-0.4, -0.2) is 46.2 Å². The first-order valence-electron chi connectivity index (χ1n) is 11.1. The Balaban J connectivity index is 1.43. The molecular formula is C26H26N4O2. The van der Waals surface area contributed by atoms with E-state index in [1.54, 1.807) is 0 Å². The lowest BCUT2D eigenvalue weighted by Crippen LogP contribution is -2.37. The molecule has 2 amide bonds. The van der Waals surface area contributed by atoms with E-state index >= 15 is 0 Å². The van der Waals surface area contributed by atoms with Crippen molar-refractivity contribution in [1.29, 1.82) is 0 Å². The molecule has 32 heavy (non-hydrogen) atoms. The molecule has 0 bridgehead atoms. The second-order valence-corrected chi connectivity index (χ2v) is 8.41. The number of hydrogen-bond acceptors (Lipinski definition) is 4. The highest BCUT2D eigenvalue weighted by Crippen LogP contribution is 2.28. The molecule has 2 aliphatic rings. The summed E-state index contributed by atoms with van der Waals surface area (Å²) in [6.45, 7) is 2.51. The summed E-state index contributed by atoms with van der Waals surface area (Å²) in [6.07, 6.45) is 2.66. The van der Waals surface area contributed by atoms with Gasteiger partial charge in [-0.05, 0) is 41.7 Å². The largest absolute Gasteiger partial charge is 0.383 e. The minimum Gasteiger partial charge on any atom is -0.383 e. The number of nitrogens with zero attached hydrogens (tertiary/aromatic N) is 3. The number of anilines is 1. The lowest BCUT2D eigenvalue weighted by Gasteiger charge is -2.30. The second-order valence-electron chi connectivity index (χ2n) is 8.41. The van der Waals surface area contributed by atoms with Crippen LogP contribution in [0.2, 0.25) is 0 Å². The molecule has 1 saturated heterocycles. The van der Waals surface area contributed by atoms with Gasteiger partial charge in [-0.25, -0.2) is 4.98 Å². The van der Waals surface area contributed by atoms with Crippen LogP contribution < -0.4 is 5.73 Å². The van der Waals surface area contributed by atoms with E-state index in [0.29, 0.717) is 30.6 Å². The third-order valence-electron chi connectivity index (χ3n) is 6.35. The molecule has 2 aromatic carbocycles. The van der Waals surface area contributed by atoms with Crippen molar-refractivity contribution in [1.82, 2.24) is 14.8 Å². The fraction of sp³-hybridized carbons (Fsp3) is 0.269. The zero-order valence-electron chi connectivity index (χ0n) is 18.0. The molecule has 6 nitrogen and oxygen atoms in total. The number of carbonyl (C=O) groups is 2. The number of carbonyl (C=O) groups excluding carboxylic acids is 2. The highest BCUT2D eigenvalue weighted by molar-refractivity contribution is 6.01. The molecule has 0 aliphatic carbocycles. The van der Waals surface area contributed by atoms with Crippen LogP contribution in [0.1, 0.15) is 44.8 Å². The van der Waals surface area contributed by atoms with Crippen molar-refractivity contribution < 1.29 is 9.59 Å². The first-order valence-corrected chi connectivity index (χ1v) is 11.1. The van der Waals surface area contributed by atoms with E-state index in [4.69, 9.17) is 5.73 Å². The van der Waals surface area contributed by atoms with E-state index in [1.165, 1.54) is 0 Å². The maximum Gasteiger partial charge on any atom is 0.257 e. The smallest absolute Gasteiger partial charge is 0.257 e. The minimum absolute atomic E-state index is 0.0145. The van der Waals surface area contributed by atoms with Crippen molar-refractivity contribution in [3.63, 3.8) is 0 Å². The molecule has 6 heteroatoms. The Labute approximate surface area is 187 Å². The minimum atomic E-state index is -0.0619. The Kier molecular flexibility index (Phi) is 5.35. The quantitative estimate of drug-likeness (QED) is 0.692. The van der Waals surface area contributed by atoms with Crippen LogP contribution in [0.25, 0.3) is 11.1 Å². The van der Waals surface area contributed by atoms with Gasteiger partial charge in [0.25, 0.3) is 11.8 Å². The van der Waals surface area contributed by atoms with E-state index < -0.39 is 0 Å². The van der Waals surface area contributed by atoms with Crippen molar-refractivity contribution in [3.05, 3.63) is 83.0 Å². The number of nitrogens with two attached hydrogens (primary N) is 1. The van der Waals surface area contributed by atoms with Crippen LogP contribution >= 0.6 is 0 Å². The molecule has 2 aliphatic heterocycles. The molecule has 1 aromatic heterocycles. The molecule has 5 rings (SSSR count). The molecule has 0 spiro atoms. The third-order valence-corrected chi connectivity index (χ3v) is 6.35. The molecule has 3 aromatic rings. The number of fused-ring (bicyclic) bond motifs is 1. The fourth-order valence-corrected chi connectivity index (χ4v) is 4.63. The summed E-state index contributed by atoms with van der Waals surface area (Å²) in [7, 11) is 0. The molecule has 3 heterocycles. The van der Waals surface area contributed by atoms with Gasteiger partial charge in [-0.1, -0.05) is 48.5 Å². The van der Waals surface area contributed by atoms with E-state index in [9.17, 15) is 9.59 Å². The number of aromatic nitrogens is 1. The van der Waals surface area contributed by atoms with Gasteiger partial charge < -0.3 is 15.5 Å². The maximum absolute atomic E-state index is 13.5. The predicted octanol–water partition coefficient (Wildman–Crippen LogP) is 3.77. The molecule has 0 atom stereocenters. The number of hydrogen-bond donors (Lipinski definition) is 1. The number of rotatable bonds is 3. The standard InChI is InChI=1S/C26H26N4O2/c27-24-22(26(32)29-13-6-7-14-29)16-19-17-30(15-12-23(19)28-24)25(31)21-11-5-4-10-20(21)18-8-2-1-3-9-18/h1-5,8-11,16H,6-7,12-15,17H2,(H2,27,28). The molecule has 0 saturated carbocycles. The van der Waals surface area contributed by atoms with Gasteiger partial charge in [0.15, 0.2) is 0 Å². The summed E-state index contributed by atoms with van der Waals surface area (Å²) in [5.74, 6) is 0.211. The van der Waals surface area contributed by atoms with E-state index in [0.717, 1.165) is 48.3 Å². The average Bonchev–Trinajstić information content (AvgIpc) is 3.38. The maximum atomic E-state index is 13.5. The monoisotopic (exact) mass is 426 g/mol. The summed E-state index contributed by atoms with van der Waals surface area (Å²) in [5.41, 5.74) is 11.0. The number of nitrogen functional groups attached to an aromatic ring is 1. The Bertz CT molecular complexity index is 1170. The predicted molar refractivity (Wildman–Crippen MR) is 124 cm³/mol. The van der Waals surface area contributed by atoms with Gasteiger partial charge in [0.05, 0.1) is 5.56 Å². The molecule has 2 N–H and O–H groups in total. The highest BCUT2D eigenvalue weighted by atomic mass is 16.2. The lowest BCUT2D eigenvalue weighted by atomic mass is 9.97. The first-order chi connectivity index (χ1) is 15.6. The lowest BCUT2D eigenvalue weighted by molar-refractivity contribution is 0.0734. The van der Waals surface area contributed by atoms with Crippen LogP contribution in [0.15, 0.2) is 60.7 Å². The van der Waals surface area contributed by atoms with Gasteiger partial charge in [-0.2, -0.15) is 0 Å². The van der Waals surface area contributed by atoms with Crippen molar-refractivity contribution in [2.75, 3.05) is 25.4 Å². The zero-order chi connectivity index (χ0) is 22.1. The van der Waals surface area contributed by atoms with Crippen molar-refractivity contribution >= 4 is 17.6 Å². The average molecular weight is 427 g/mol. The first kappa shape index (κ1) is 20.2. The number of likely N-dealkylation sites (tertiary alicyclic amines) is 1. The van der Waals surface area contributed by atoms with Crippen molar-refractivity contribution in [3.8, 4) is 11.1 Å². The normalized spacial score (nSPS) is 15.5. The highest BCUT2D eigenvalue weighted by Gasteiger charge is 2.28. The summed E-state index contributed by atoms with van der Waals surface area (Å²) in [4.78, 5) is 34.6. The molecule has 0 unspecified atom stereocenters. The van der Waals surface area contributed by atoms with E-state index in [2.05, 4.69) is 4.98 Å². The molecule has 0 radical (unpaired) electrons.